The van der Waals surface area contributed by atoms with Gasteiger partial charge in [0, 0.05) is 31.5 Å². The number of esters is 1. The number of aromatic nitrogens is 1. The molecule has 2 fully saturated rings. The van der Waals surface area contributed by atoms with Crippen LogP contribution in [-0.4, -0.2) is 46.4 Å². The Bertz CT molecular complexity index is 1090. The standard InChI is InChI=1S/C25H29N3O5/c1-2-33-25(32)21-10-6-7-13-28(21)24(31)20-16-27(18-11-12-18)15-19(22(20)29)23(30)26-14-17-8-4-3-5-9-17/h3-5,8-9,15-16,18,21H,2,6-7,10-14H2,1H3,(H,26,30)/t21-/m1/s1. The number of benzene rings is 1. The Kier molecular flexibility index (Phi) is 6.91. The van der Waals surface area contributed by atoms with Crippen LogP contribution in [0.5, 0.6) is 0 Å². The van der Waals surface area contributed by atoms with E-state index in [2.05, 4.69) is 5.32 Å². The van der Waals surface area contributed by atoms with E-state index < -0.39 is 29.3 Å². The van der Waals surface area contributed by atoms with Crippen molar-refractivity contribution in [3.8, 4) is 0 Å². The lowest BCUT2D eigenvalue weighted by Gasteiger charge is -2.34. The number of hydrogen-bond acceptors (Lipinski definition) is 5. The first kappa shape index (κ1) is 22.8. The summed E-state index contributed by atoms with van der Waals surface area (Å²) in [6.45, 7) is 2.59. The normalized spacial score (nSPS) is 18.0. The Balaban J connectivity index is 1.63. The lowest BCUT2D eigenvalue weighted by molar-refractivity contribution is -0.149. The lowest BCUT2D eigenvalue weighted by atomic mass is 10.0. The average Bonchev–Trinajstić information content (AvgIpc) is 3.69. The van der Waals surface area contributed by atoms with Gasteiger partial charge in [-0.05, 0) is 44.6 Å². The second-order valence-electron chi connectivity index (χ2n) is 8.52. The van der Waals surface area contributed by atoms with Gasteiger partial charge in [-0.15, -0.1) is 0 Å². The van der Waals surface area contributed by atoms with E-state index in [1.54, 1.807) is 11.5 Å². The largest absolute Gasteiger partial charge is 0.464 e. The molecule has 0 radical (unpaired) electrons. The van der Waals surface area contributed by atoms with E-state index in [4.69, 9.17) is 4.74 Å². The summed E-state index contributed by atoms with van der Waals surface area (Å²) < 4.78 is 6.94. The molecule has 1 aliphatic heterocycles. The molecule has 2 aliphatic rings. The summed E-state index contributed by atoms with van der Waals surface area (Å²) in [5.41, 5.74) is 0.153. The maximum Gasteiger partial charge on any atom is 0.328 e. The molecule has 8 nitrogen and oxygen atoms in total. The predicted molar refractivity (Wildman–Crippen MR) is 122 cm³/mol. The number of amides is 2. The first-order chi connectivity index (χ1) is 16.0. The number of carbonyl (C=O) groups is 3. The maximum absolute atomic E-state index is 13.5. The van der Waals surface area contributed by atoms with Crippen molar-refractivity contribution in [2.24, 2.45) is 0 Å². The first-order valence-electron chi connectivity index (χ1n) is 11.5. The average molecular weight is 452 g/mol. The van der Waals surface area contributed by atoms with Crippen LogP contribution in [0.25, 0.3) is 0 Å². The van der Waals surface area contributed by atoms with Crippen LogP contribution in [-0.2, 0) is 16.1 Å². The molecule has 1 aromatic heterocycles. The lowest BCUT2D eigenvalue weighted by Crippen LogP contribution is -2.50. The summed E-state index contributed by atoms with van der Waals surface area (Å²) in [6, 6.07) is 8.86. The first-order valence-corrected chi connectivity index (χ1v) is 11.5. The van der Waals surface area contributed by atoms with Crippen LogP contribution in [0.2, 0.25) is 0 Å². The Hall–Kier alpha value is -3.42. The van der Waals surface area contributed by atoms with Gasteiger partial charge in [0.1, 0.15) is 17.2 Å². The summed E-state index contributed by atoms with van der Waals surface area (Å²) in [5.74, 6) is -1.50. The van der Waals surface area contributed by atoms with E-state index in [9.17, 15) is 19.2 Å². The van der Waals surface area contributed by atoms with Gasteiger partial charge in [-0.25, -0.2) is 4.79 Å². The monoisotopic (exact) mass is 451 g/mol. The van der Waals surface area contributed by atoms with E-state index in [-0.39, 0.29) is 30.3 Å². The van der Waals surface area contributed by atoms with Gasteiger partial charge < -0.3 is 19.5 Å². The van der Waals surface area contributed by atoms with Crippen LogP contribution < -0.4 is 10.7 Å². The molecule has 1 saturated heterocycles. The summed E-state index contributed by atoms with van der Waals surface area (Å²) in [6.07, 6.45) is 6.98. The Labute approximate surface area is 192 Å². The second-order valence-corrected chi connectivity index (χ2v) is 8.52. The van der Waals surface area contributed by atoms with Gasteiger partial charge in [0.05, 0.1) is 6.61 Å². The summed E-state index contributed by atoms with van der Waals surface area (Å²) in [4.78, 5) is 53.5. The van der Waals surface area contributed by atoms with Crippen molar-refractivity contribution in [1.82, 2.24) is 14.8 Å². The molecule has 1 aliphatic carbocycles. The minimum atomic E-state index is -0.712. The molecular weight excluding hydrogens is 422 g/mol. The van der Waals surface area contributed by atoms with E-state index >= 15 is 0 Å². The molecule has 174 valence electrons. The zero-order chi connectivity index (χ0) is 23.4. The number of rotatable bonds is 7. The van der Waals surface area contributed by atoms with Gasteiger partial charge in [-0.2, -0.15) is 0 Å². The van der Waals surface area contributed by atoms with Crippen LogP contribution in [0.4, 0.5) is 0 Å². The highest BCUT2D eigenvalue weighted by molar-refractivity contribution is 6.00. The Morgan fingerprint density at radius 3 is 2.45 bits per heavy atom. The molecule has 2 aromatic rings. The van der Waals surface area contributed by atoms with Gasteiger partial charge in [0.15, 0.2) is 0 Å². The predicted octanol–water partition coefficient (Wildman–Crippen LogP) is 2.67. The quantitative estimate of drug-likeness (QED) is 0.653. The molecule has 0 unspecified atom stereocenters. The Morgan fingerprint density at radius 2 is 1.76 bits per heavy atom. The molecule has 8 heteroatoms. The van der Waals surface area contributed by atoms with Crippen molar-refractivity contribution in [2.75, 3.05) is 13.2 Å². The number of nitrogens with one attached hydrogen (secondary N) is 1. The fraction of sp³-hybridized carbons (Fsp3) is 0.440. The molecule has 0 spiro atoms. The summed E-state index contributed by atoms with van der Waals surface area (Å²) in [7, 11) is 0. The third-order valence-corrected chi connectivity index (χ3v) is 6.11. The molecule has 1 saturated carbocycles. The van der Waals surface area contributed by atoms with Crippen molar-refractivity contribution >= 4 is 17.8 Å². The van der Waals surface area contributed by atoms with Crippen LogP contribution in [0.1, 0.15) is 71.3 Å². The maximum atomic E-state index is 13.5. The molecule has 1 atom stereocenters. The molecule has 2 amide bonds. The Morgan fingerprint density at radius 1 is 1.03 bits per heavy atom. The highest BCUT2D eigenvalue weighted by Gasteiger charge is 2.36. The van der Waals surface area contributed by atoms with Crippen LogP contribution in [0.15, 0.2) is 47.5 Å². The molecule has 33 heavy (non-hydrogen) atoms. The van der Waals surface area contributed by atoms with Crippen molar-refractivity contribution in [1.29, 1.82) is 0 Å². The van der Waals surface area contributed by atoms with E-state index in [1.807, 2.05) is 30.3 Å². The van der Waals surface area contributed by atoms with Gasteiger partial charge in [-0.1, -0.05) is 30.3 Å². The number of piperidine rings is 1. The third kappa shape index (κ3) is 5.16. The van der Waals surface area contributed by atoms with E-state index in [1.165, 1.54) is 17.3 Å². The fourth-order valence-corrected chi connectivity index (χ4v) is 4.18. The molecule has 4 rings (SSSR count). The van der Waals surface area contributed by atoms with Gasteiger partial charge in [0.2, 0.25) is 5.43 Å². The van der Waals surface area contributed by atoms with Gasteiger partial charge in [0.25, 0.3) is 11.8 Å². The number of likely N-dealkylation sites (tertiary alicyclic amines) is 1. The zero-order valence-corrected chi connectivity index (χ0v) is 18.8. The van der Waals surface area contributed by atoms with Crippen molar-refractivity contribution in [2.45, 2.75) is 57.7 Å². The third-order valence-electron chi connectivity index (χ3n) is 6.11. The molecule has 2 heterocycles. The fourth-order valence-electron chi connectivity index (χ4n) is 4.18. The molecule has 1 aromatic carbocycles. The van der Waals surface area contributed by atoms with E-state index in [0.717, 1.165) is 31.2 Å². The summed E-state index contributed by atoms with van der Waals surface area (Å²) in [5, 5.41) is 2.78. The number of nitrogens with zero attached hydrogens (tertiary/aromatic N) is 2. The molecular formula is C25H29N3O5. The smallest absolute Gasteiger partial charge is 0.328 e. The molecule has 1 N–H and O–H groups in total. The highest BCUT2D eigenvalue weighted by Crippen LogP contribution is 2.34. The van der Waals surface area contributed by atoms with Gasteiger partial charge in [-0.3, -0.25) is 14.4 Å². The van der Waals surface area contributed by atoms with Crippen molar-refractivity contribution < 1.29 is 19.1 Å². The molecule has 0 bridgehead atoms. The number of hydrogen-bond donors (Lipinski definition) is 1. The van der Waals surface area contributed by atoms with Gasteiger partial charge >= 0.3 is 5.97 Å². The highest BCUT2D eigenvalue weighted by atomic mass is 16.5. The topological polar surface area (TPSA) is 97.7 Å². The SMILES string of the molecule is CCOC(=O)[C@H]1CCCCN1C(=O)c1cn(C2CC2)cc(C(=O)NCc2ccccc2)c1=O. The minimum Gasteiger partial charge on any atom is -0.464 e. The second kappa shape index (κ2) is 10.0. The van der Waals surface area contributed by atoms with Crippen molar-refractivity contribution in [3.05, 3.63) is 69.6 Å². The number of ether oxygens (including phenoxy) is 1. The van der Waals surface area contributed by atoms with Crippen molar-refractivity contribution in [3.63, 3.8) is 0 Å². The summed E-state index contributed by atoms with van der Waals surface area (Å²) >= 11 is 0. The zero-order valence-electron chi connectivity index (χ0n) is 18.8. The van der Waals surface area contributed by atoms with E-state index in [0.29, 0.717) is 13.0 Å². The number of carbonyl (C=O) groups excluding carboxylic acids is 3. The minimum absolute atomic E-state index is 0.0617. The van der Waals surface area contributed by atoms with Crippen LogP contribution in [0.3, 0.4) is 0 Å². The number of pyridine rings is 1. The van der Waals surface area contributed by atoms with Crippen LogP contribution >= 0.6 is 0 Å². The van der Waals surface area contributed by atoms with Crippen LogP contribution in [0, 0.1) is 0 Å².